The summed E-state index contributed by atoms with van der Waals surface area (Å²) in [7, 11) is 1.92. The monoisotopic (exact) mass is 282 g/mol. The van der Waals surface area contributed by atoms with Gasteiger partial charge in [-0.1, -0.05) is 42.8 Å². The van der Waals surface area contributed by atoms with Crippen LogP contribution in [0.4, 0.5) is 0 Å². The first-order valence-electron chi connectivity index (χ1n) is 7.67. The summed E-state index contributed by atoms with van der Waals surface area (Å²) in [4.78, 5) is 14.8. The van der Waals surface area contributed by atoms with Crippen LogP contribution in [0.15, 0.2) is 42.5 Å². The first kappa shape index (κ1) is 14.1. The highest BCUT2D eigenvalue weighted by Crippen LogP contribution is 2.30. The largest absolute Gasteiger partial charge is 0.338 e. The maximum atomic E-state index is 12.9. The van der Waals surface area contributed by atoms with Crippen LogP contribution in [0, 0.1) is 5.92 Å². The molecular formula is C18H22N2O. The molecule has 2 N–H and O–H groups in total. The van der Waals surface area contributed by atoms with Crippen LogP contribution in [0.1, 0.15) is 29.6 Å². The van der Waals surface area contributed by atoms with Crippen LogP contribution in [-0.4, -0.2) is 30.4 Å². The van der Waals surface area contributed by atoms with Crippen molar-refractivity contribution < 1.29 is 4.79 Å². The smallest absolute Gasteiger partial charge is 0.254 e. The van der Waals surface area contributed by atoms with Crippen molar-refractivity contribution in [2.75, 3.05) is 13.6 Å². The molecule has 2 atom stereocenters. The Balaban J connectivity index is 1.93. The molecule has 1 aliphatic rings. The summed E-state index contributed by atoms with van der Waals surface area (Å²) >= 11 is 0. The van der Waals surface area contributed by atoms with E-state index in [0.717, 1.165) is 29.2 Å². The molecule has 21 heavy (non-hydrogen) atoms. The van der Waals surface area contributed by atoms with Crippen molar-refractivity contribution >= 4 is 16.7 Å². The second-order valence-electron chi connectivity index (χ2n) is 5.94. The molecule has 1 saturated carbocycles. The lowest BCUT2D eigenvalue weighted by Crippen LogP contribution is -2.41. The number of benzene rings is 2. The number of hydrogen-bond donors (Lipinski definition) is 1. The van der Waals surface area contributed by atoms with Crippen LogP contribution in [0.2, 0.25) is 0 Å². The van der Waals surface area contributed by atoms with Crippen molar-refractivity contribution in [3.63, 3.8) is 0 Å². The Morgan fingerprint density at radius 3 is 2.76 bits per heavy atom. The predicted octanol–water partition coefficient (Wildman–Crippen LogP) is 3.04. The van der Waals surface area contributed by atoms with Gasteiger partial charge in [0.15, 0.2) is 0 Å². The molecule has 0 radical (unpaired) electrons. The summed E-state index contributed by atoms with van der Waals surface area (Å²) in [6, 6.07) is 14.3. The molecule has 110 valence electrons. The minimum Gasteiger partial charge on any atom is -0.338 e. The third kappa shape index (κ3) is 2.54. The van der Waals surface area contributed by atoms with Crippen LogP contribution in [0.3, 0.4) is 0 Å². The summed E-state index contributed by atoms with van der Waals surface area (Å²) in [5, 5.41) is 2.14. The van der Waals surface area contributed by atoms with E-state index >= 15 is 0 Å². The zero-order valence-corrected chi connectivity index (χ0v) is 12.5. The number of carbonyl (C=O) groups is 1. The number of amides is 1. The van der Waals surface area contributed by atoms with Crippen molar-refractivity contribution in [3.05, 3.63) is 48.0 Å². The molecule has 0 aliphatic heterocycles. The molecule has 0 saturated heterocycles. The first-order valence-corrected chi connectivity index (χ1v) is 7.67. The van der Waals surface area contributed by atoms with Gasteiger partial charge in [-0.05, 0) is 42.1 Å². The van der Waals surface area contributed by atoms with Crippen molar-refractivity contribution in [1.82, 2.24) is 4.90 Å². The van der Waals surface area contributed by atoms with Gasteiger partial charge < -0.3 is 10.6 Å². The highest BCUT2D eigenvalue weighted by Gasteiger charge is 2.32. The highest BCUT2D eigenvalue weighted by atomic mass is 16.2. The van der Waals surface area contributed by atoms with Gasteiger partial charge in [0.25, 0.3) is 5.91 Å². The quantitative estimate of drug-likeness (QED) is 0.940. The molecule has 1 fully saturated rings. The summed E-state index contributed by atoms with van der Waals surface area (Å²) in [5.41, 5.74) is 6.64. The lowest BCUT2D eigenvalue weighted by Gasteiger charge is -2.29. The third-order valence-electron chi connectivity index (χ3n) is 4.76. The Bertz CT molecular complexity index is 647. The van der Waals surface area contributed by atoms with Crippen LogP contribution in [0.25, 0.3) is 10.8 Å². The fraction of sp³-hybridized carbons (Fsp3) is 0.389. The van der Waals surface area contributed by atoms with Gasteiger partial charge in [-0.3, -0.25) is 4.79 Å². The molecule has 1 aliphatic carbocycles. The molecule has 2 aromatic rings. The van der Waals surface area contributed by atoms with Crippen molar-refractivity contribution in [2.24, 2.45) is 11.7 Å². The maximum Gasteiger partial charge on any atom is 0.254 e. The van der Waals surface area contributed by atoms with Crippen molar-refractivity contribution in [1.29, 1.82) is 0 Å². The number of nitrogens with zero attached hydrogens (tertiary/aromatic N) is 1. The molecule has 3 rings (SSSR count). The second-order valence-corrected chi connectivity index (χ2v) is 5.94. The lowest BCUT2D eigenvalue weighted by molar-refractivity contribution is 0.0702. The van der Waals surface area contributed by atoms with Gasteiger partial charge in [0.2, 0.25) is 0 Å². The number of fused-ring (bicyclic) bond motifs is 1. The van der Waals surface area contributed by atoms with Gasteiger partial charge in [-0.25, -0.2) is 0 Å². The minimum atomic E-state index is 0.108. The fourth-order valence-electron chi connectivity index (χ4n) is 3.55. The molecule has 3 nitrogen and oxygen atoms in total. The molecule has 0 spiro atoms. The standard InChI is InChI=1S/C18H22N2O/c1-20(17-11-5-8-14(17)12-19)18(21)16-10-4-7-13-6-2-3-9-15(13)16/h2-4,6-7,9-10,14,17H,5,8,11-12,19H2,1H3. The maximum absolute atomic E-state index is 12.9. The number of hydrogen-bond acceptors (Lipinski definition) is 2. The van der Waals surface area contributed by atoms with Gasteiger partial charge in [-0.15, -0.1) is 0 Å². The first-order chi connectivity index (χ1) is 10.2. The van der Waals surface area contributed by atoms with Crippen molar-refractivity contribution in [3.8, 4) is 0 Å². The molecule has 0 bridgehead atoms. The van der Waals surface area contributed by atoms with Gasteiger partial charge in [0, 0.05) is 18.7 Å². The number of carbonyl (C=O) groups excluding carboxylic acids is 1. The predicted molar refractivity (Wildman–Crippen MR) is 86.2 cm³/mol. The third-order valence-corrected chi connectivity index (χ3v) is 4.76. The van der Waals surface area contributed by atoms with E-state index in [1.807, 2.05) is 54.4 Å². The zero-order valence-electron chi connectivity index (χ0n) is 12.5. The van der Waals surface area contributed by atoms with E-state index in [0.29, 0.717) is 12.5 Å². The second kappa shape index (κ2) is 5.86. The highest BCUT2D eigenvalue weighted by molar-refractivity contribution is 6.07. The fourth-order valence-corrected chi connectivity index (χ4v) is 3.55. The van der Waals surface area contributed by atoms with Crippen LogP contribution in [0.5, 0.6) is 0 Å². The molecule has 2 aromatic carbocycles. The molecule has 0 heterocycles. The SMILES string of the molecule is CN(C(=O)c1cccc2ccccc12)C1CCCC1CN. The number of rotatable bonds is 3. The zero-order chi connectivity index (χ0) is 14.8. The van der Waals surface area contributed by atoms with E-state index < -0.39 is 0 Å². The van der Waals surface area contributed by atoms with Gasteiger partial charge in [-0.2, -0.15) is 0 Å². The van der Waals surface area contributed by atoms with Gasteiger partial charge in [0.05, 0.1) is 0 Å². The van der Waals surface area contributed by atoms with Crippen LogP contribution in [-0.2, 0) is 0 Å². The summed E-state index contributed by atoms with van der Waals surface area (Å²) in [6.07, 6.45) is 3.36. The van der Waals surface area contributed by atoms with Crippen LogP contribution >= 0.6 is 0 Å². The van der Waals surface area contributed by atoms with E-state index in [2.05, 4.69) is 0 Å². The Labute approximate surface area is 125 Å². The molecular weight excluding hydrogens is 260 g/mol. The average molecular weight is 282 g/mol. The Morgan fingerprint density at radius 2 is 1.95 bits per heavy atom. The molecule has 2 unspecified atom stereocenters. The number of nitrogens with two attached hydrogens (primary N) is 1. The Kier molecular flexibility index (Phi) is 3.93. The summed E-state index contributed by atoms with van der Waals surface area (Å²) < 4.78 is 0. The summed E-state index contributed by atoms with van der Waals surface area (Å²) in [6.45, 7) is 0.665. The lowest BCUT2D eigenvalue weighted by atomic mass is 10.00. The normalized spacial score (nSPS) is 21.6. The molecule has 3 heteroatoms. The van der Waals surface area contributed by atoms with E-state index in [1.54, 1.807) is 0 Å². The average Bonchev–Trinajstić information content (AvgIpc) is 3.01. The van der Waals surface area contributed by atoms with Gasteiger partial charge >= 0.3 is 0 Å². The van der Waals surface area contributed by atoms with Gasteiger partial charge in [0.1, 0.15) is 0 Å². The van der Waals surface area contributed by atoms with E-state index in [-0.39, 0.29) is 11.9 Å². The topological polar surface area (TPSA) is 46.3 Å². The van der Waals surface area contributed by atoms with E-state index in [4.69, 9.17) is 5.73 Å². The van der Waals surface area contributed by atoms with E-state index in [1.165, 1.54) is 6.42 Å². The Morgan fingerprint density at radius 1 is 1.19 bits per heavy atom. The molecule has 1 amide bonds. The van der Waals surface area contributed by atoms with E-state index in [9.17, 15) is 4.79 Å². The minimum absolute atomic E-state index is 0.108. The van der Waals surface area contributed by atoms with Crippen molar-refractivity contribution in [2.45, 2.75) is 25.3 Å². The molecule has 0 aromatic heterocycles. The summed E-state index contributed by atoms with van der Waals surface area (Å²) in [5.74, 6) is 0.547. The Hall–Kier alpha value is -1.87. The van der Waals surface area contributed by atoms with Crippen LogP contribution < -0.4 is 5.73 Å².